The van der Waals surface area contributed by atoms with Crippen LogP contribution in [0.5, 0.6) is 5.75 Å². The van der Waals surface area contributed by atoms with Crippen LogP contribution in [-0.2, 0) is 0 Å². The zero-order valence-corrected chi connectivity index (χ0v) is 11.9. The van der Waals surface area contributed by atoms with Crippen LogP contribution in [0.25, 0.3) is 0 Å². The summed E-state index contributed by atoms with van der Waals surface area (Å²) < 4.78 is 4.90. The number of aryl methyl sites for hydroxylation is 1. The lowest BCUT2D eigenvalue weighted by molar-refractivity contribution is -0.385. The topological polar surface area (TPSA) is 123 Å². The van der Waals surface area contributed by atoms with Gasteiger partial charge in [0.25, 0.3) is 5.91 Å². The van der Waals surface area contributed by atoms with Crippen LogP contribution >= 0.6 is 0 Å². The van der Waals surface area contributed by atoms with Crippen LogP contribution in [-0.4, -0.2) is 34.4 Å². The Morgan fingerprint density at radius 1 is 1.50 bits per heavy atom. The van der Waals surface area contributed by atoms with Gasteiger partial charge in [-0.3, -0.25) is 20.0 Å². The lowest BCUT2D eigenvalue weighted by atomic mass is 10.2. The maximum absolute atomic E-state index is 11.7. The third-order valence-corrected chi connectivity index (χ3v) is 2.72. The SMILES string of the molecule is COc1ccc(/C=N/NC(=O)c2cc(C)[nH]n2)cc1[N+](=O)[O-]. The fraction of sp³-hybridized carbons (Fsp3) is 0.154. The predicted molar refractivity (Wildman–Crippen MR) is 78.0 cm³/mol. The number of hydrogen-bond acceptors (Lipinski definition) is 6. The summed E-state index contributed by atoms with van der Waals surface area (Å²) in [6.45, 7) is 1.77. The van der Waals surface area contributed by atoms with Crippen LogP contribution in [0.3, 0.4) is 0 Å². The number of nitro benzene ring substituents is 1. The molecule has 114 valence electrons. The minimum atomic E-state index is -0.554. The van der Waals surface area contributed by atoms with E-state index in [0.717, 1.165) is 5.69 Å². The van der Waals surface area contributed by atoms with Crippen molar-refractivity contribution in [3.63, 3.8) is 0 Å². The molecule has 9 heteroatoms. The standard InChI is InChI=1S/C13H13N5O4/c1-8-5-10(16-15-8)13(19)17-14-7-9-3-4-12(22-2)11(6-9)18(20)21/h3-7H,1-2H3,(H,15,16)(H,17,19)/b14-7+. The van der Waals surface area contributed by atoms with Gasteiger partial charge >= 0.3 is 5.69 Å². The number of methoxy groups -OCH3 is 1. The molecule has 0 aliphatic rings. The van der Waals surface area contributed by atoms with Crippen molar-refractivity contribution in [2.75, 3.05) is 7.11 Å². The number of amides is 1. The Hall–Kier alpha value is -3.23. The van der Waals surface area contributed by atoms with Gasteiger partial charge < -0.3 is 4.74 Å². The molecule has 0 aliphatic heterocycles. The first-order valence-electron chi connectivity index (χ1n) is 6.19. The van der Waals surface area contributed by atoms with E-state index in [-0.39, 0.29) is 17.1 Å². The Morgan fingerprint density at radius 2 is 2.27 bits per heavy atom. The number of rotatable bonds is 5. The number of hydrogen-bond donors (Lipinski definition) is 2. The zero-order chi connectivity index (χ0) is 16.1. The molecule has 1 amide bonds. The minimum absolute atomic E-state index is 0.151. The van der Waals surface area contributed by atoms with Gasteiger partial charge in [-0.25, -0.2) is 5.43 Å². The maximum Gasteiger partial charge on any atom is 0.311 e. The van der Waals surface area contributed by atoms with Crippen LogP contribution < -0.4 is 10.2 Å². The Bertz CT molecular complexity index is 738. The maximum atomic E-state index is 11.7. The molecule has 0 fully saturated rings. The van der Waals surface area contributed by atoms with Gasteiger partial charge in [-0.05, 0) is 25.1 Å². The van der Waals surface area contributed by atoms with Crippen LogP contribution in [0.15, 0.2) is 29.4 Å². The van der Waals surface area contributed by atoms with E-state index in [1.807, 2.05) is 0 Å². The first-order chi connectivity index (χ1) is 10.5. The monoisotopic (exact) mass is 303 g/mol. The molecule has 2 rings (SSSR count). The summed E-state index contributed by atoms with van der Waals surface area (Å²) in [6.07, 6.45) is 1.30. The van der Waals surface area contributed by atoms with Crippen LogP contribution in [0.1, 0.15) is 21.7 Å². The largest absolute Gasteiger partial charge is 0.490 e. The molecular formula is C13H13N5O4. The fourth-order valence-corrected chi connectivity index (χ4v) is 1.69. The number of ether oxygens (including phenoxy) is 1. The molecule has 1 aromatic carbocycles. The molecule has 0 radical (unpaired) electrons. The van der Waals surface area contributed by atoms with Crippen LogP contribution in [0.4, 0.5) is 5.69 Å². The third kappa shape index (κ3) is 3.45. The number of nitrogens with zero attached hydrogens (tertiary/aromatic N) is 3. The van der Waals surface area contributed by atoms with Gasteiger partial charge in [0.15, 0.2) is 11.4 Å². The average molecular weight is 303 g/mol. The quantitative estimate of drug-likeness (QED) is 0.491. The van der Waals surface area contributed by atoms with Gasteiger partial charge in [0, 0.05) is 17.3 Å². The third-order valence-electron chi connectivity index (χ3n) is 2.72. The second kappa shape index (κ2) is 6.48. The number of nitrogens with one attached hydrogen (secondary N) is 2. The molecule has 0 bridgehead atoms. The van der Waals surface area contributed by atoms with Crippen LogP contribution in [0.2, 0.25) is 0 Å². The smallest absolute Gasteiger partial charge is 0.311 e. The summed E-state index contributed by atoms with van der Waals surface area (Å²) in [5, 5.41) is 21.1. The molecule has 2 aromatic rings. The Labute approximate surface area is 125 Å². The van der Waals surface area contributed by atoms with E-state index in [2.05, 4.69) is 20.7 Å². The van der Waals surface area contributed by atoms with Crippen molar-refractivity contribution >= 4 is 17.8 Å². The van der Waals surface area contributed by atoms with Crippen molar-refractivity contribution in [3.8, 4) is 5.75 Å². The number of aromatic nitrogens is 2. The van der Waals surface area contributed by atoms with Gasteiger partial charge in [-0.1, -0.05) is 0 Å². The molecule has 0 saturated carbocycles. The van der Waals surface area contributed by atoms with E-state index >= 15 is 0 Å². The van der Waals surface area contributed by atoms with Crippen LogP contribution in [0, 0.1) is 17.0 Å². The van der Waals surface area contributed by atoms with E-state index < -0.39 is 10.8 Å². The van der Waals surface area contributed by atoms with Crippen molar-refractivity contribution in [2.45, 2.75) is 6.92 Å². The van der Waals surface area contributed by atoms with Crippen molar-refractivity contribution in [2.24, 2.45) is 5.10 Å². The predicted octanol–water partition coefficient (Wildman–Crippen LogP) is 1.40. The van der Waals surface area contributed by atoms with Gasteiger partial charge in [0.2, 0.25) is 0 Å². The summed E-state index contributed by atoms with van der Waals surface area (Å²) in [5.41, 5.74) is 3.51. The first kappa shape index (κ1) is 15.2. The number of hydrazone groups is 1. The Balaban J connectivity index is 2.08. The minimum Gasteiger partial charge on any atom is -0.490 e. The van der Waals surface area contributed by atoms with E-state index in [9.17, 15) is 14.9 Å². The number of carbonyl (C=O) groups is 1. The van der Waals surface area contributed by atoms with E-state index in [4.69, 9.17) is 4.74 Å². The number of H-pyrrole nitrogens is 1. The molecule has 9 nitrogen and oxygen atoms in total. The van der Waals surface area contributed by atoms with Crippen molar-refractivity contribution in [3.05, 3.63) is 51.3 Å². The zero-order valence-electron chi connectivity index (χ0n) is 11.9. The first-order valence-corrected chi connectivity index (χ1v) is 6.19. The normalized spacial score (nSPS) is 10.6. The highest BCUT2D eigenvalue weighted by Crippen LogP contribution is 2.26. The molecule has 0 atom stereocenters. The summed E-state index contributed by atoms with van der Waals surface area (Å²) in [4.78, 5) is 22.0. The van der Waals surface area contributed by atoms with E-state index in [0.29, 0.717) is 5.56 Å². The molecule has 22 heavy (non-hydrogen) atoms. The summed E-state index contributed by atoms with van der Waals surface area (Å²) in [7, 11) is 1.35. The second-order valence-corrected chi connectivity index (χ2v) is 4.32. The highest BCUT2D eigenvalue weighted by atomic mass is 16.6. The summed E-state index contributed by atoms with van der Waals surface area (Å²) >= 11 is 0. The molecule has 0 aliphatic carbocycles. The molecular weight excluding hydrogens is 290 g/mol. The molecule has 2 N–H and O–H groups in total. The molecule has 0 unspecified atom stereocenters. The van der Waals surface area contributed by atoms with E-state index in [1.54, 1.807) is 19.1 Å². The molecule has 1 aromatic heterocycles. The van der Waals surface area contributed by atoms with E-state index in [1.165, 1.54) is 25.5 Å². The molecule has 0 spiro atoms. The van der Waals surface area contributed by atoms with Gasteiger partial charge in [-0.15, -0.1) is 0 Å². The summed E-state index contributed by atoms with van der Waals surface area (Å²) in [5.74, 6) is -0.332. The molecule has 0 saturated heterocycles. The summed E-state index contributed by atoms with van der Waals surface area (Å²) in [6, 6.07) is 5.91. The Morgan fingerprint density at radius 3 is 2.86 bits per heavy atom. The van der Waals surface area contributed by atoms with Gasteiger partial charge in [-0.2, -0.15) is 10.2 Å². The fourth-order valence-electron chi connectivity index (χ4n) is 1.69. The highest BCUT2D eigenvalue weighted by molar-refractivity contribution is 5.93. The second-order valence-electron chi connectivity index (χ2n) is 4.32. The van der Waals surface area contributed by atoms with Crippen molar-refractivity contribution < 1.29 is 14.5 Å². The highest BCUT2D eigenvalue weighted by Gasteiger charge is 2.14. The number of aromatic amines is 1. The average Bonchev–Trinajstić information content (AvgIpc) is 2.93. The van der Waals surface area contributed by atoms with Gasteiger partial charge in [0.1, 0.15) is 0 Å². The lowest BCUT2D eigenvalue weighted by Crippen LogP contribution is -2.18. The molecule has 1 heterocycles. The Kier molecular flexibility index (Phi) is 4.47. The van der Waals surface area contributed by atoms with Crippen molar-refractivity contribution in [1.29, 1.82) is 0 Å². The number of carbonyl (C=O) groups excluding carboxylic acids is 1. The lowest BCUT2D eigenvalue weighted by Gasteiger charge is -2.01. The van der Waals surface area contributed by atoms with Gasteiger partial charge in [0.05, 0.1) is 18.2 Å². The number of nitro groups is 1. The number of benzene rings is 1. The van der Waals surface area contributed by atoms with Crippen molar-refractivity contribution in [1.82, 2.24) is 15.6 Å².